The zero-order valence-corrected chi connectivity index (χ0v) is 15.2. The number of carboxylic acids is 1. The third kappa shape index (κ3) is 3.97. The number of aryl methyl sites for hydroxylation is 2. The van der Waals surface area contributed by atoms with E-state index in [1.807, 2.05) is 36.6 Å². The lowest BCUT2D eigenvalue weighted by Crippen LogP contribution is -2.34. The molecule has 0 fully saturated rings. The second-order valence-corrected chi connectivity index (χ2v) is 6.70. The number of aromatic nitrogens is 2. The largest absolute Gasteiger partial charge is 0.480 e. The molecule has 134 valence electrons. The van der Waals surface area contributed by atoms with E-state index in [4.69, 9.17) is 5.11 Å². The number of anilines is 1. The molecule has 0 aliphatic heterocycles. The molecule has 0 aliphatic rings. The Hall–Kier alpha value is -3.00. The quantitative estimate of drug-likeness (QED) is 0.616. The Kier molecular flexibility index (Phi) is 5.13. The van der Waals surface area contributed by atoms with E-state index in [1.165, 1.54) is 16.9 Å². The molecule has 1 aromatic carbocycles. The van der Waals surface area contributed by atoms with E-state index in [-0.39, 0.29) is 6.54 Å². The van der Waals surface area contributed by atoms with Crippen LogP contribution in [-0.2, 0) is 9.59 Å². The second-order valence-electron chi connectivity index (χ2n) is 5.84. The van der Waals surface area contributed by atoms with Crippen molar-refractivity contribution in [3.05, 3.63) is 41.0 Å². The monoisotopic (exact) mass is 370 g/mol. The van der Waals surface area contributed by atoms with Gasteiger partial charge in [0.05, 0.1) is 11.9 Å². The van der Waals surface area contributed by atoms with E-state index in [0.29, 0.717) is 11.6 Å². The van der Waals surface area contributed by atoms with Crippen LogP contribution in [0.4, 0.5) is 5.82 Å². The minimum absolute atomic E-state index is 0.0674. The van der Waals surface area contributed by atoms with Crippen molar-refractivity contribution in [1.29, 1.82) is 0 Å². The summed E-state index contributed by atoms with van der Waals surface area (Å²) >= 11 is 1.52. The summed E-state index contributed by atoms with van der Waals surface area (Å²) in [5, 5.41) is 16.8. The standard InChI is InChI=1S/C18H18N4O3S/c1-10-3-5-12(6-4-10)13-9-26-18-16(13)17(21-11(2)22-18)20-7-14(23)19-8-15(24)25/h3-6,9H,7-8H2,1-2H3,(H,19,23)(H,24,25)(H,20,21,22). The Morgan fingerprint density at radius 3 is 2.54 bits per heavy atom. The van der Waals surface area contributed by atoms with Crippen molar-refractivity contribution in [3.8, 4) is 11.1 Å². The summed E-state index contributed by atoms with van der Waals surface area (Å²) in [6.45, 7) is 3.35. The fraction of sp³-hybridized carbons (Fsp3) is 0.222. The Bertz CT molecular complexity index is 966. The highest BCUT2D eigenvalue weighted by Crippen LogP contribution is 2.36. The topological polar surface area (TPSA) is 104 Å². The number of rotatable bonds is 6. The molecule has 0 atom stereocenters. The predicted molar refractivity (Wildman–Crippen MR) is 101 cm³/mol. The Morgan fingerprint density at radius 2 is 1.85 bits per heavy atom. The van der Waals surface area contributed by atoms with Crippen LogP contribution in [0.25, 0.3) is 21.3 Å². The molecule has 7 nitrogen and oxygen atoms in total. The molecule has 0 spiro atoms. The number of fused-ring (bicyclic) bond motifs is 1. The lowest BCUT2D eigenvalue weighted by atomic mass is 10.0. The lowest BCUT2D eigenvalue weighted by Gasteiger charge is -2.09. The molecule has 3 N–H and O–H groups in total. The predicted octanol–water partition coefficient (Wildman–Crippen LogP) is 2.59. The molecule has 2 aromatic heterocycles. The van der Waals surface area contributed by atoms with E-state index in [2.05, 4.69) is 20.6 Å². The number of aliphatic carboxylic acids is 1. The Morgan fingerprint density at radius 1 is 1.12 bits per heavy atom. The summed E-state index contributed by atoms with van der Waals surface area (Å²) in [6.07, 6.45) is 0. The average molecular weight is 370 g/mol. The maximum atomic E-state index is 11.8. The molecule has 0 radical (unpaired) electrons. The minimum atomic E-state index is -1.09. The Balaban J connectivity index is 1.91. The first-order chi connectivity index (χ1) is 12.4. The fourth-order valence-corrected chi connectivity index (χ4v) is 3.52. The van der Waals surface area contributed by atoms with Crippen molar-refractivity contribution in [2.75, 3.05) is 18.4 Å². The number of nitrogens with one attached hydrogen (secondary N) is 2. The van der Waals surface area contributed by atoms with E-state index in [9.17, 15) is 9.59 Å². The van der Waals surface area contributed by atoms with Gasteiger partial charge in [-0.1, -0.05) is 29.8 Å². The number of benzene rings is 1. The van der Waals surface area contributed by atoms with Gasteiger partial charge in [-0.25, -0.2) is 9.97 Å². The van der Waals surface area contributed by atoms with Crippen molar-refractivity contribution in [2.24, 2.45) is 0 Å². The third-order valence-corrected chi connectivity index (χ3v) is 4.63. The maximum Gasteiger partial charge on any atom is 0.322 e. The molecule has 0 aliphatic carbocycles. The molecule has 1 amide bonds. The van der Waals surface area contributed by atoms with Gasteiger partial charge in [-0.2, -0.15) is 0 Å². The van der Waals surface area contributed by atoms with E-state index >= 15 is 0 Å². The van der Waals surface area contributed by atoms with Gasteiger partial charge >= 0.3 is 5.97 Å². The Labute approximate surface area is 154 Å². The summed E-state index contributed by atoms with van der Waals surface area (Å²) in [5.41, 5.74) is 3.22. The van der Waals surface area contributed by atoms with Crippen LogP contribution < -0.4 is 10.6 Å². The van der Waals surface area contributed by atoms with E-state index in [0.717, 1.165) is 21.3 Å². The molecule has 8 heteroatoms. The highest BCUT2D eigenvalue weighted by molar-refractivity contribution is 7.17. The molecule has 2 heterocycles. The lowest BCUT2D eigenvalue weighted by molar-refractivity contribution is -0.137. The van der Waals surface area contributed by atoms with Gasteiger partial charge in [-0.05, 0) is 19.4 Å². The fourth-order valence-electron chi connectivity index (χ4n) is 2.52. The van der Waals surface area contributed by atoms with Crippen LogP contribution in [0.3, 0.4) is 0 Å². The second kappa shape index (κ2) is 7.49. The van der Waals surface area contributed by atoms with E-state index in [1.54, 1.807) is 6.92 Å². The molecule has 0 bridgehead atoms. The summed E-state index contributed by atoms with van der Waals surface area (Å²) in [7, 11) is 0. The first-order valence-electron chi connectivity index (χ1n) is 7.99. The zero-order chi connectivity index (χ0) is 18.7. The molecule has 3 rings (SSSR count). The first kappa shape index (κ1) is 17.8. The molecule has 3 aromatic rings. The number of hydrogen-bond donors (Lipinski definition) is 3. The van der Waals surface area contributed by atoms with Gasteiger partial charge in [0.25, 0.3) is 0 Å². The van der Waals surface area contributed by atoms with Crippen molar-refractivity contribution in [2.45, 2.75) is 13.8 Å². The number of thiophene rings is 1. The van der Waals surface area contributed by atoms with Crippen molar-refractivity contribution in [3.63, 3.8) is 0 Å². The van der Waals surface area contributed by atoms with Crippen LogP contribution in [0, 0.1) is 13.8 Å². The van der Waals surface area contributed by atoms with Gasteiger partial charge in [0.2, 0.25) is 5.91 Å². The number of carboxylic acid groups (broad SMARTS) is 1. The van der Waals surface area contributed by atoms with Crippen LogP contribution >= 0.6 is 11.3 Å². The molecule has 0 saturated carbocycles. The van der Waals surface area contributed by atoms with Gasteiger partial charge in [-0.3, -0.25) is 9.59 Å². The highest BCUT2D eigenvalue weighted by Gasteiger charge is 2.15. The van der Waals surface area contributed by atoms with Crippen LogP contribution in [0.2, 0.25) is 0 Å². The van der Waals surface area contributed by atoms with Crippen molar-refractivity contribution < 1.29 is 14.7 Å². The molecule has 26 heavy (non-hydrogen) atoms. The van der Waals surface area contributed by atoms with Crippen LogP contribution in [0.15, 0.2) is 29.6 Å². The normalized spacial score (nSPS) is 10.7. The number of carbonyl (C=O) groups is 2. The smallest absolute Gasteiger partial charge is 0.322 e. The molecule has 0 unspecified atom stereocenters. The first-order valence-corrected chi connectivity index (χ1v) is 8.87. The van der Waals surface area contributed by atoms with Gasteiger partial charge < -0.3 is 15.7 Å². The highest BCUT2D eigenvalue weighted by atomic mass is 32.1. The number of nitrogens with zero attached hydrogens (tertiary/aromatic N) is 2. The van der Waals surface area contributed by atoms with Crippen molar-refractivity contribution in [1.82, 2.24) is 15.3 Å². The van der Waals surface area contributed by atoms with E-state index < -0.39 is 18.4 Å². The number of carbonyl (C=O) groups excluding carboxylic acids is 1. The van der Waals surface area contributed by atoms with Crippen molar-refractivity contribution >= 4 is 39.2 Å². The van der Waals surface area contributed by atoms with Crippen LogP contribution in [0.1, 0.15) is 11.4 Å². The minimum Gasteiger partial charge on any atom is -0.480 e. The summed E-state index contributed by atoms with van der Waals surface area (Å²) < 4.78 is 0. The van der Waals surface area contributed by atoms with Crippen LogP contribution in [-0.4, -0.2) is 40.0 Å². The number of hydrogen-bond acceptors (Lipinski definition) is 6. The zero-order valence-electron chi connectivity index (χ0n) is 14.4. The molecular formula is C18H18N4O3S. The average Bonchev–Trinajstić information content (AvgIpc) is 3.02. The molecule has 0 saturated heterocycles. The van der Waals surface area contributed by atoms with Gasteiger partial charge in [0, 0.05) is 10.9 Å². The third-order valence-electron chi connectivity index (χ3n) is 3.76. The summed E-state index contributed by atoms with van der Waals surface area (Å²) in [4.78, 5) is 32.1. The molecular weight excluding hydrogens is 352 g/mol. The number of amides is 1. The van der Waals surface area contributed by atoms with Gasteiger partial charge in [-0.15, -0.1) is 11.3 Å². The maximum absolute atomic E-state index is 11.8. The summed E-state index contributed by atoms with van der Waals surface area (Å²) in [6, 6.07) is 8.17. The van der Waals surface area contributed by atoms with Gasteiger partial charge in [0.15, 0.2) is 0 Å². The SMILES string of the molecule is Cc1ccc(-c2csc3nc(C)nc(NCC(=O)NCC(=O)O)c23)cc1. The summed E-state index contributed by atoms with van der Waals surface area (Å²) in [5.74, 6) is -0.333. The van der Waals surface area contributed by atoms with Crippen LogP contribution in [0.5, 0.6) is 0 Å². The van der Waals surface area contributed by atoms with Gasteiger partial charge in [0.1, 0.15) is 23.0 Å².